The third-order valence-corrected chi connectivity index (χ3v) is 4.83. The van der Waals surface area contributed by atoms with Gasteiger partial charge in [-0.3, -0.25) is 9.59 Å². The smallest absolute Gasteiger partial charge is 0.265 e. The van der Waals surface area contributed by atoms with Crippen molar-refractivity contribution >= 4 is 34.5 Å². The average molecular weight is 380 g/mol. The number of anilines is 2. The maximum atomic E-state index is 12.7. The summed E-state index contributed by atoms with van der Waals surface area (Å²) in [6, 6.07) is 15.6. The Kier molecular flexibility index (Phi) is 4.76. The van der Waals surface area contributed by atoms with Gasteiger partial charge in [-0.25, -0.2) is 0 Å². The number of fused-ring (bicyclic) bond motifs is 1. The van der Waals surface area contributed by atoms with E-state index in [4.69, 9.17) is 9.47 Å². The summed E-state index contributed by atoms with van der Waals surface area (Å²) < 4.78 is 11.0. The highest BCUT2D eigenvalue weighted by Crippen LogP contribution is 2.33. The van der Waals surface area contributed by atoms with Crippen LogP contribution < -0.4 is 20.1 Å². The van der Waals surface area contributed by atoms with E-state index in [1.54, 1.807) is 54.6 Å². The van der Waals surface area contributed by atoms with Crippen molar-refractivity contribution in [1.82, 2.24) is 0 Å². The summed E-state index contributed by atoms with van der Waals surface area (Å²) in [5.41, 5.74) is 1.41. The van der Waals surface area contributed by atoms with Crippen molar-refractivity contribution in [2.45, 2.75) is 0 Å². The third kappa shape index (κ3) is 3.78. The van der Waals surface area contributed by atoms with E-state index in [9.17, 15) is 9.59 Å². The number of nitrogens with one attached hydrogen (secondary N) is 2. The highest BCUT2D eigenvalue weighted by Gasteiger charge is 2.17. The van der Waals surface area contributed by atoms with E-state index in [-0.39, 0.29) is 11.8 Å². The molecule has 1 aromatic heterocycles. The monoisotopic (exact) mass is 380 g/mol. The fraction of sp³-hybridized carbons (Fsp3) is 0.100. The van der Waals surface area contributed by atoms with Crippen molar-refractivity contribution in [2.24, 2.45) is 0 Å². The Hall–Kier alpha value is -3.32. The highest BCUT2D eigenvalue weighted by atomic mass is 32.1. The molecule has 0 radical (unpaired) electrons. The first kappa shape index (κ1) is 17.1. The number of carbonyl (C=O) groups is 2. The molecule has 136 valence electrons. The van der Waals surface area contributed by atoms with Crippen molar-refractivity contribution < 1.29 is 19.1 Å². The SMILES string of the molecule is O=C(Nc1ccccc1C(=O)Nc1ccc2c(c1)OCCO2)c1cccs1. The van der Waals surface area contributed by atoms with Gasteiger partial charge in [0.25, 0.3) is 11.8 Å². The lowest BCUT2D eigenvalue weighted by molar-refractivity contribution is 0.102. The Bertz CT molecular complexity index is 985. The lowest BCUT2D eigenvalue weighted by Crippen LogP contribution is -2.18. The third-order valence-electron chi connectivity index (χ3n) is 3.96. The molecule has 0 unspecified atom stereocenters. The molecule has 6 nitrogen and oxygen atoms in total. The minimum atomic E-state index is -0.325. The molecule has 7 heteroatoms. The van der Waals surface area contributed by atoms with Crippen LogP contribution in [-0.4, -0.2) is 25.0 Å². The molecule has 1 aliphatic rings. The molecule has 27 heavy (non-hydrogen) atoms. The molecule has 2 heterocycles. The second kappa shape index (κ2) is 7.51. The van der Waals surface area contributed by atoms with Crippen LogP contribution in [0.3, 0.4) is 0 Å². The number of hydrogen-bond donors (Lipinski definition) is 2. The number of ether oxygens (including phenoxy) is 2. The van der Waals surface area contributed by atoms with E-state index in [1.165, 1.54) is 11.3 Å². The molecule has 0 fully saturated rings. The van der Waals surface area contributed by atoms with Crippen LogP contribution in [0.4, 0.5) is 11.4 Å². The molecule has 2 aromatic carbocycles. The predicted molar refractivity (Wildman–Crippen MR) is 104 cm³/mol. The zero-order chi connectivity index (χ0) is 18.6. The molecular weight excluding hydrogens is 364 g/mol. The van der Waals surface area contributed by atoms with Gasteiger partial charge in [-0.05, 0) is 35.7 Å². The van der Waals surface area contributed by atoms with Gasteiger partial charge in [0.1, 0.15) is 13.2 Å². The molecule has 0 aliphatic carbocycles. The second-order valence-corrected chi connectivity index (χ2v) is 6.74. The van der Waals surface area contributed by atoms with E-state index in [2.05, 4.69) is 10.6 Å². The fourth-order valence-corrected chi connectivity index (χ4v) is 3.32. The number of hydrogen-bond acceptors (Lipinski definition) is 5. The van der Waals surface area contributed by atoms with Crippen LogP contribution in [0.2, 0.25) is 0 Å². The van der Waals surface area contributed by atoms with Gasteiger partial charge in [0.15, 0.2) is 11.5 Å². The van der Waals surface area contributed by atoms with Gasteiger partial charge in [0, 0.05) is 11.8 Å². The summed E-state index contributed by atoms with van der Waals surface area (Å²) in [5, 5.41) is 7.46. The van der Waals surface area contributed by atoms with Crippen LogP contribution in [0.15, 0.2) is 60.0 Å². The maximum Gasteiger partial charge on any atom is 0.265 e. The molecule has 2 amide bonds. The van der Waals surface area contributed by atoms with Gasteiger partial charge < -0.3 is 20.1 Å². The Balaban J connectivity index is 1.53. The summed E-state index contributed by atoms with van der Waals surface area (Å²) in [6.07, 6.45) is 0. The van der Waals surface area contributed by atoms with Gasteiger partial charge in [-0.1, -0.05) is 18.2 Å². The lowest BCUT2D eigenvalue weighted by atomic mass is 10.1. The van der Waals surface area contributed by atoms with Crippen LogP contribution in [0.25, 0.3) is 0 Å². The van der Waals surface area contributed by atoms with Crippen LogP contribution in [0.5, 0.6) is 11.5 Å². The van der Waals surface area contributed by atoms with Gasteiger partial charge >= 0.3 is 0 Å². The number of rotatable bonds is 4. The van der Waals surface area contributed by atoms with Crippen molar-refractivity contribution in [3.05, 3.63) is 70.4 Å². The quantitative estimate of drug-likeness (QED) is 0.717. The molecular formula is C20H16N2O4S. The Morgan fingerprint density at radius 2 is 1.67 bits per heavy atom. The Morgan fingerprint density at radius 1 is 0.852 bits per heavy atom. The topological polar surface area (TPSA) is 76.7 Å². The zero-order valence-electron chi connectivity index (χ0n) is 14.2. The van der Waals surface area contributed by atoms with Crippen molar-refractivity contribution in [2.75, 3.05) is 23.8 Å². The van der Waals surface area contributed by atoms with Crippen molar-refractivity contribution in [3.8, 4) is 11.5 Å². The van der Waals surface area contributed by atoms with Gasteiger partial charge in [0.2, 0.25) is 0 Å². The molecule has 1 aliphatic heterocycles. The fourth-order valence-electron chi connectivity index (χ4n) is 2.70. The maximum absolute atomic E-state index is 12.7. The molecule has 2 N–H and O–H groups in total. The first-order valence-electron chi connectivity index (χ1n) is 8.35. The number of benzene rings is 2. The van der Waals surface area contributed by atoms with Gasteiger partial charge in [-0.15, -0.1) is 11.3 Å². The molecule has 3 aromatic rings. The minimum absolute atomic E-state index is 0.246. The van der Waals surface area contributed by atoms with Gasteiger partial charge in [0.05, 0.1) is 16.1 Å². The van der Waals surface area contributed by atoms with Gasteiger partial charge in [-0.2, -0.15) is 0 Å². The number of carbonyl (C=O) groups excluding carboxylic acids is 2. The molecule has 0 spiro atoms. The van der Waals surface area contributed by atoms with E-state index in [0.29, 0.717) is 46.5 Å². The predicted octanol–water partition coefficient (Wildman–Crippen LogP) is 4.02. The standard InChI is InChI=1S/C20H16N2O4S/c23-19(21-13-7-8-16-17(12-13)26-10-9-25-16)14-4-1-2-5-15(14)22-20(24)18-6-3-11-27-18/h1-8,11-12H,9-10H2,(H,21,23)(H,22,24). The van der Waals surface area contributed by atoms with Crippen LogP contribution in [0.1, 0.15) is 20.0 Å². The van der Waals surface area contributed by atoms with Crippen LogP contribution in [0, 0.1) is 0 Å². The summed E-state index contributed by atoms with van der Waals surface area (Å²) in [6.45, 7) is 0.984. The van der Waals surface area contributed by atoms with Crippen molar-refractivity contribution in [3.63, 3.8) is 0 Å². The normalized spacial score (nSPS) is 12.3. The highest BCUT2D eigenvalue weighted by molar-refractivity contribution is 7.12. The first-order valence-corrected chi connectivity index (χ1v) is 9.23. The van der Waals surface area contributed by atoms with Crippen LogP contribution >= 0.6 is 11.3 Å². The number of thiophene rings is 1. The van der Waals surface area contributed by atoms with E-state index < -0.39 is 0 Å². The molecule has 0 bridgehead atoms. The largest absolute Gasteiger partial charge is 0.486 e. The summed E-state index contributed by atoms with van der Waals surface area (Å²) in [4.78, 5) is 25.6. The lowest BCUT2D eigenvalue weighted by Gasteiger charge is -2.19. The summed E-state index contributed by atoms with van der Waals surface area (Å²) in [5.74, 6) is 0.680. The molecule has 0 saturated carbocycles. The second-order valence-electron chi connectivity index (χ2n) is 5.79. The molecule has 0 atom stereocenters. The van der Waals surface area contributed by atoms with E-state index >= 15 is 0 Å². The number of amides is 2. The average Bonchev–Trinajstić information content (AvgIpc) is 3.23. The Labute approximate surface area is 159 Å². The first-order chi connectivity index (χ1) is 13.2. The summed E-state index contributed by atoms with van der Waals surface area (Å²) in [7, 11) is 0. The van der Waals surface area contributed by atoms with Crippen molar-refractivity contribution in [1.29, 1.82) is 0 Å². The molecule has 4 rings (SSSR count). The van der Waals surface area contributed by atoms with Crippen LogP contribution in [-0.2, 0) is 0 Å². The zero-order valence-corrected chi connectivity index (χ0v) is 15.0. The molecule has 0 saturated heterocycles. The summed E-state index contributed by atoms with van der Waals surface area (Å²) >= 11 is 1.34. The van der Waals surface area contributed by atoms with E-state index in [0.717, 1.165) is 0 Å². The Morgan fingerprint density at radius 3 is 2.48 bits per heavy atom. The van der Waals surface area contributed by atoms with E-state index in [1.807, 2.05) is 5.38 Å². The minimum Gasteiger partial charge on any atom is -0.486 e. The number of para-hydroxylation sites is 1.